The van der Waals surface area contributed by atoms with Crippen LogP contribution in [0.2, 0.25) is 0 Å². The SMILES string of the molecule is CCCC(C)(C)OC(=O)CCC(C)(C)COC=O. The molecule has 0 aliphatic carbocycles. The van der Waals surface area contributed by atoms with Crippen molar-refractivity contribution in [3.05, 3.63) is 0 Å². The molecule has 0 atom stereocenters. The van der Waals surface area contributed by atoms with E-state index in [1.807, 2.05) is 27.7 Å². The summed E-state index contributed by atoms with van der Waals surface area (Å²) < 4.78 is 10.2. The van der Waals surface area contributed by atoms with Crippen LogP contribution >= 0.6 is 0 Å². The molecule has 0 radical (unpaired) electrons. The van der Waals surface area contributed by atoms with Gasteiger partial charge >= 0.3 is 5.97 Å². The second-order valence-electron chi connectivity index (χ2n) is 6.06. The number of esters is 1. The second kappa shape index (κ2) is 7.39. The Balaban J connectivity index is 4.06. The van der Waals surface area contributed by atoms with Crippen LogP contribution in [-0.4, -0.2) is 24.6 Å². The average molecular weight is 258 g/mol. The lowest BCUT2D eigenvalue weighted by atomic mass is 9.89. The molecule has 0 fully saturated rings. The molecule has 0 saturated carbocycles. The summed E-state index contributed by atoms with van der Waals surface area (Å²) in [7, 11) is 0. The normalized spacial score (nSPS) is 12.1. The van der Waals surface area contributed by atoms with E-state index in [4.69, 9.17) is 9.47 Å². The number of ether oxygens (including phenoxy) is 2. The molecule has 0 aromatic rings. The number of hydrogen-bond acceptors (Lipinski definition) is 4. The molecule has 0 aliphatic heterocycles. The molecular formula is C14H26O4. The highest BCUT2D eigenvalue weighted by atomic mass is 16.6. The highest BCUT2D eigenvalue weighted by molar-refractivity contribution is 5.69. The number of hydrogen-bond donors (Lipinski definition) is 0. The monoisotopic (exact) mass is 258 g/mol. The fourth-order valence-corrected chi connectivity index (χ4v) is 1.78. The Morgan fingerprint density at radius 1 is 1.17 bits per heavy atom. The van der Waals surface area contributed by atoms with Crippen LogP contribution in [0.15, 0.2) is 0 Å². The first-order valence-electron chi connectivity index (χ1n) is 6.49. The summed E-state index contributed by atoms with van der Waals surface area (Å²) in [6, 6.07) is 0. The van der Waals surface area contributed by atoms with Crippen LogP contribution in [0.4, 0.5) is 0 Å². The van der Waals surface area contributed by atoms with Crippen molar-refractivity contribution in [1.29, 1.82) is 0 Å². The Bertz CT molecular complexity index is 269. The van der Waals surface area contributed by atoms with Gasteiger partial charge in [-0.3, -0.25) is 9.59 Å². The van der Waals surface area contributed by atoms with Crippen LogP contribution < -0.4 is 0 Å². The highest BCUT2D eigenvalue weighted by Gasteiger charge is 2.24. The minimum Gasteiger partial charge on any atom is -0.467 e. The van der Waals surface area contributed by atoms with Crippen molar-refractivity contribution in [3.8, 4) is 0 Å². The third-order valence-electron chi connectivity index (χ3n) is 2.79. The maximum atomic E-state index is 11.7. The molecule has 4 heteroatoms. The van der Waals surface area contributed by atoms with Gasteiger partial charge in [0, 0.05) is 6.42 Å². The summed E-state index contributed by atoms with van der Waals surface area (Å²) in [5.41, 5.74) is -0.593. The van der Waals surface area contributed by atoms with Crippen LogP contribution in [0, 0.1) is 5.41 Å². The summed E-state index contributed by atoms with van der Waals surface area (Å²) in [6.07, 6.45) is 2.83. The molecule has 0 aromatic heterocycles. The van der Waals surface area contributed by atoms with E-state index < -0.39 is 5.60 Å². The van der Waals surface area contributed by atoms with Gasteiger partial charge in [0.2, 0.25) is 0 Å². The summed E-state index contributed by atoms with van der Waals surface area (Å²) in [4.78, 5) is 21.9. The van der Waals surface area contributed by atoms with Crippen molar-refractivity contribution >= 4 is 12.4 Å². The van der Waals surface area contributed by atoms with Crippen molar-refractivity contribution in [1.82, 2.24) is 0 Å². The van der Waals surface area contributed by atoms with E-state index in [-0.39, 0.29) is 11.4 Å². The molecule has 0 bridgehead atoms. The number of rotatable bonds is 9. The first kappa shape index (κ1) is 16.9. The Hall–Kier alpha value is -1.06. The van der Waals surface area contributed by atoms with E-state index in [0.29, 0.717) is 25.9 Å². The summed E-state index contributed by atoms with van der Waals surface area (Å²) >= 11 is 0. The predicted molar refractivity (Wildman–Crippen MR) is 70.1 cm³/mol. The Morgan fingerprint density at radius 2 is 1.78 bits per heavy atom. The van der Waals surface area contributed by atoms with Gasteiger partial charge in [-0.15, -0.1) is 0 Å². The van der Waals surface area contributed by atoms with Crippen LogP contribution in [0.1, 0.15) is 60.3 Å². The van der Waals surface area contributed by atoms with E-state index in [9.17, 15) is 9.59 Å². The van der Waals surface area contributed by atoms with Crippen LogP contribution in [0.5, 0.6) is 0 Å². The maximum Gasteiger partial charge on any atom is 0.306 e. The molecule has 0 N–H and O–H groups in total. The molecular weight excluding hydrogens is 232 g/mol. The Labute approximate surface area is 110 Å². The van der Waals surface area contributed by atoms with E-state index in [2.05, 4.69) is 6.92 Å². The molecule has 0 spiro atoms. The number of carbonyl (C=O) groups is 2. The average Bonchev–Trinajstić information content (AvgIpc) is 2.23. The summed E-state index contributed by atoms with van der Waals surface area (Å²) in [6.45, 7) is 10.6. The van der Waals surface area contributed by atoms with Gasteiger partial charge in [-0.2, -0.15) is 0 Å². The van der Waals surface area contributed by atoms with Gasteiger partial charge in [-0.05, 0) is 32.1 Å². The zero-order valence-corrected chi connectivity index (χ0v) is 12.2. The third kappa shape index (κ3) is 8.09. The van der Waals surface area contributed by atoms with Crippen molar-refractivity contribution < 1.29 is 19.1 Å². The van der Waals surface area contributed by atoms with Gasteiger partial charge < -0.3 is 9.47 Å². The van der Waals surface area contributed by atoms with E-state index in [1.54, 1.807) is 0 Å². The van der Waals surface area contributed by atoms with Gasteiger partial charge in [-0.25, -0.2) is 0 Å². The standard InChI is InChI=1S/C14H26O4/c1-6-8-14(4,5)18-12(16)7-9-13(2,3)10-17-11-15/h11H,6-10H2,1-5H3. The number of carbonyl (C=O) groups excluding carboxylic acids is 2. The first-order valence-corrected chi connectivity index (χ1v) is 6.49. The van der Waals surface area contributed by atoms with Crippen molar-refractivity contribution in [3.63, 3.8) is 0 Å². The van der Waals surface area contributed by atoms with E-state index in [0.717, 1.165) is 12.8 Å². The molecule has 4 nitrogen and oxygen atoms in total. The fraction of sp³-hybridized carbons (Fsp3) is 0.857. The molecule has 0 saturated heterocycles. The predicted octanol–water partition coefficient (Wildman–Crippen LogP) is 3.09. The lowest BCUT2D eigenvalue weighted by Crippen LogP contribution is -2.29. The second-order valence-corrected chi connectivity index (χ2v) is 6.06. The quantitative estimate of drug-likeness (QED) is 0.471. The van der Waals surface area contributed by atoms with Crippen LogP contribution in [0.3, 0.4) is 0 Å². The minimum atomic E-state index is -0.394. The highest BCUT2D eigenvalue weighted by Crippen LogP contribution is 2.24. The van der Waals surface area contributed by atoms with Gasteiger partial charge in [0.05, 0.1) is 6.61 Å². The lowest BCUT2D eigenvalue weighted by Gasteiger charge is -2.26. The van der Waals surface area contributed by atoms with Crippen molar-refractivity contribution in [2.75, 3.05) is 6.61 Å². The summed E-state index contributed by atoms with van der Waals surface area (Å²) in [5, 5.41) is 0. The van der Waals surface area contributed by atoms with Crippen LogP contribution in [0.25, 0.3) is 0 Å². The smallest absolute Gasteiger partial charge is 0.306 e. The van der Waals surface area contributed by atoms with Crippen molar-refractivity contribution in [2.45, 2.75) is 65.9 Å². The van der Waals surface area contributed by atoms with E-state index >= 15 is 0 Å². The molecule has 0 aliphatic rings. The maximum absolute atomic E-state index is 11.7. The first-order chi connectivity index (χ1) is 8.22. The molecule has 0 amide bonds. The molecule has 0 aromatic carbocycles. The third-order valence-corrected chi connectivity index (χ3v) is 2.79. The van der Waals surface area contributed by atoms with Gasteiger partial charge in [-0.1, -0.05) is 27.2 Å². The van der Waals surface area contributed by atoms with Crippen LogP contribution in [-0.2, 0) is 19.1 Å². The minimum absolute atomic E-state index is 0.187. The molecule has 0 heterocycles. The molecule has 106 valence electrons. The van der Waals surface area contributed by atoms with Gasteiger partial charge in [0.15, 0.2) is 0 Å². The van der Waals surface area contributed by atoms with Crippen molar-refractivity contribution in [2.24, 2.45) is 5.41 Å². The van der Waals surface area contributed by atoms with E-state index in [1.165, 1.54) is 0 Å². The Morgan fingerprint density at radius 3 is 2.28 bits per heavy atom. The summed E-state index contributed by atoms with van der Waals surface area (Å²) in [5.74, 6) is -0.187. The zero-order chi connectivity index (χ0) is 14.2. The Kier molecular flexibility index (Phi) is 6.96. The fourth-order valence-electron chi connectivity index (χ4n) is 1.78. The topological polar surface area (TPSA) is 52.6 Å². The molecule has 0 unspecified atom stereocenters. The van der Waals surface area contributed by atoms with Gasteiger partial charge in [0.1, 0.15) is 5.60 Å². The molecule has 18 heavy (non-hydrogen) atoms. The zero-order valence-electron chi connectivity index (χ0n) is 12.2. The van der Waals surface area contributed by atoms with Gasteiger partial charge in [0.25, 0.3) is 6.47 Å². The molecule has 0 rings (SSSR count). The largest absolute Gasteiger partial charge is 0.467 e. The lowest BCUT2D eigenvalue weighted by molar-refractivity contribution is -0.157.